The number of hydrogen-bond donors (Lipinski definition) is 2. The van der Waals surface area contributed by atoms with E-state index in [1.54, 1.807) is 13.2 Å². The molecule has 5 nitrogen and oxygen atoms in total. The number of benzene rings is 2. The van der Waals surface area contributed by atoms with E-state index in [0.29, 0.717) is 11.3 Å². The van der Waals surface area contributed by atoms with Crippen LogP contribution in [-0.4, -0.2) is 36.1 Å². The SMILES string of the molecule is COc1c(C)cccc1C(=O)NC(=S)Nc1ccc(CN2CCCC2)cc1. The van der Waals surface area contributed by atoms with Crippen molar-refractivity contribution in [1.29, 1.82) is 0 Å². The van der Waals surface area contributed by atoms with Crippen LogP contribution in [-0.2, 0) is 6.54 Å². The number of hydrogen-bond acceptors (Lipinski definition) is 4. The van der Waals surface area contributed by atoms with E-state index in [-0.39, 0.29) is 11.0 Å². The van der Waals surface area contributed by atoms with Gasteiger partial charge in [0.25, 0.3) is 5.91 Å². The number of nitrogens with zero attached hydrogens (tertiary/aromatic N) is 1. The maximum absolute atomic E-state index is 12.5. The van der Waals surface area contributed by atoms with Gasteiger partial charge in [0.15, 0.2) is 5.11 Å². The summed E-state index contributed by atoms with van der Waals surface area (Å²) in [4.78, 5) is 15.0. The molecule has 0 aliphatic carbocycles. The molecule has 1 saturated heterocycles. The first kappa shape index (κ1) is 19.3. The van der Waals surface area contributed by atoms with E-state index < -0.39 is 0 Å². The monoisotopic (exact) mass is 383 g/mol. The summed E-state index contributed by atoms with van der Waals surface area (Å²) in [6.07, 6.45) is 2.58. The third kappa shape index (κ3) is 5.05. The number of methoxy groups -OCH3 is 1. The molecule has 6 heteroatoms. The van der Waals surface area contributed by atoms with Crippen LogP contribution in [0.25, 0.3) is 0 Å². The minimum Gasteiger partial charge on any atom is -0.496 e. The summed E-state index contributed by atoms with van der Waals surface area (Å²) in [5.41, 5.74) is 3.49. The van der Waals surface area contributed by atoms with E-state index in [1.165, 1.54) is 31.5 Å². The summed E-state index contributed by atoms with van der Waals surface area (Å²) in [5, 5.41) is 6.03. The molecule has 2 aromatic rings. The lowest BCUT2D eigenvalue weighted by molar-refractivity contribution is 0.0974. The molecule has 1 aliphatic heterocycles. The fraction of sp³-hybridized carbons (Fsp3) is 0.333. The Morgan fingerprint density at radius 3 is 2.52 bits per heavy atom. The number of ether oxygens (including phenoxy) is 1. The van der Waals surface area contributed by atoms with Crippen LogP contribution in [0.4, 0.5) is 5.69 Å². The minimum absolute atomic E-state index is 0.260. The third-order valence-corrected chi connectivity index (χ3v) is 4.91. The second-order valence-electron chi connectivity index (χ2n) is 6.74. The van der Waals surface area contributed by atoms with Gasteiger partial charge in [0.05, 0.1) is 12.7 Å². The van der Waals surface area contributed by atoms with Crippen LogP contribution in [0.15, 0.2) is 42.5 Å². The topological polar surface area (TPSA) is 53.6 Å². The Labute approximate surface area is 165 Å². The van der Waals surface area contributed by atoms with Gasteiger partial charge in [0.2, 0.25) is 0 Å². The van der Waals surface area contributed by atoms with Crippen LogP contribution in [0.1, 0.15) is 34.3 Å². The van der Waals surface area contributed by atoms with Crippen LogP contribution >= 0.6 is 12.2 Å². The number of aryl methyl sites for hydroxylation is 1. The Morgan fingerprint density at radius 1 is 1.15 bits per heavy atom. The van der Waals surface area contributed by atoms with Crippen molar-refractivity contribution in [1.82, 2.24) is 10.2 Å². The van der Waals surface area contributed by atoms with E-state index in [0.717, 1.165) is 17.8 Å². The van der Waals surface area contributed by atoms with Gasteiger partial charge >= 0.3 is 0 Å². The lowest BCUT2D eigenvalue weighted by atomic mass is 10.1. The summed E-state index contributed by atoms with van der Waals surface area (Å²) < 4.78 is 5.34. The van der Waals surface area contributed by atoms with Gasteiger partial charge in [-0.1, -0.05) is 24.3 Å². The molecule has 142 valence electrons. The quantitative estimate of drug-likeness (QED) is 0.771. The lowest BCUT2D eigenvalue weighted by Crippen LogP contribution is -2.34. The van der Waals surface area contributed by atoms with E-state index in [9.17, 15) is 4.79 Å². The zero-order valence-electron chi connectivity index (χ0n) is 15.7. The number of para-hydroxylation sites is 1. The van der Waals surface area contributed by atoms with Crippen LogP contribution in [0.3, 0.4) is 0 Å². The Balaban J connectivity index is 1.57. The van der Waals surface area contributed by atoms with Crippen molar-refractivity contribution in [2.45, 2.75) is 26.3 Å². The predicted octanol–water partition coefficient (Wildman–Crippen LogP) is 3.73. The van der Waals surface area contributed by atoms with Gasteiger partial charge in [-0.3, -0.25) is 15.0 Å². The fourth-order valence-corrected chi connectivity index (χ4v) is 3.54. The van der Waals surface area contributed by atoms with Crippen LogP contribution in [0.5, 0.6) is 5.75 Å². The standard InChI is InChI=1S/C21H25N3O2S/c1-15-6-5-7-18(19(15)26-2)20(25)23-21(27)22-17-10-8-16(9-11-17)14-24-12-3-4-13-24/h5-11H,3-4,12-14H2,1-2H3,(H2,22,23,25,27). The van der Waals surface area contributed by atoms with Gasteiger partial charge in [0, 0.05) is 12.2 Å². The number of anilines is 1. The molecule has 1 amide bonds. The first-order valence-corrected chi connectivity index (χ1v) is 9.55. The summed E-state index contributed by atoms with van der Waals surface area (Å²) in [7, 11) is 1.55. The first-order valence-electron chi connectivity index (χ1n) is 9.14. The Bertz CT molecular complexity index is 815. The predicted molar refractivity (Wildman–Crippen MR) is 112 cm³/mol. The summed E-state index contributed by atoms with van der Waals surface area (Å²) in [6.45, 7) is 5.24. The second kappa shape index (κ2) is 8.97. The number of carbonyl (C=O) groups is 1. The van der Waals surface area contributed by atoms with E-state index in [2.05, 4.69) is 27.7 Å². The van der Waals surface area contributed by atoms with Crippen molar-refractivity contribution in [3.63, 3.8) is 0 Å². The molecule has 27 heavy (non-hydrogen) atoms. The number of amides is 1. The van der Waals surface area contributed by atoms with Gasteiger partial charge in [0.1, 0.15) is 5.75 Å². The molecule has 0 unspecified atom stereocenters. The highest BCUT2D eigenvalue weighted by molar-refractivity contribution is 7.80. The maximum Gasteiger partial charge on any atom is 0.261 e. The van der Waals surface area contributed by atoms with Crippen molar-refractivity contribution in [3.8, 4) is 5.75 Å². The van der Waals surface area contributed by atoms with Gasteiger partial charge in [-0.15, -0.1) is 0 Å². The summed E-state index contributed by atoms with van der Waals surface area (Å²) in [6, 6.07) is 13.6. The highest BCUT2D eigenvalue weighted by atomic mass is 32.1. The molecule has 1 aliphatic rings. The molecule has 0 radical (unpaired) electrons. The van der Waals surface area contributed by atoms with E-state index in [4.69, 9.17) is 17.0 Å². The minimum atomic E-state index is -0.293. The largest absolute Gasteiger partial charge is 0.496 e. The molecule has 2 aromatic carbocycles. The Hall–Kier alpha value is -2.44. The molecule has 0 aromatic heterocycles. The van der Waals surface area contributed by atoms with E-state index >= 15 is 0 Å². The highest BCUT2D eigenvalue weighted by Crippen LogP contribution is 2.22. The van der Waals surface area contributed by atoms with Crippen LogP contribution < -0.4 is 15.4 Å². The number of nitrogens with one attached hydrogen (secondary N) is 2. The molecular formula is C21H25N3O2S. The highest BCUT2D eigenvalue weighted by Gasteiger charge is 2.15. The van der Waals surface area contributed by atoms with Crippen molar-refractivity contribution in [2.24, 2.45) is 0 Å². The molecule has 1 fully saturated rings. The maximum atomic E-state index is 12.5. The fourth-order valence-electron chi connectivity index (χ4n) is 3.33. The molecule has 0 saturated carbocycles. The van der Waals surface area contributed by atoms with Gasteiger partial charge in [-0.05, 0) is 74.4 Å². The van der Waals surface area contributed by atoms with Crippen molar-refractivity contribution in [2.75, 3.05) is 25.5 Å². The average Bonchev–Trinajstić information content (AvgIpc) is 3.16. The number of carbonyl (C=O) groups excluding carboxylic acids is 1. The number of thiocarbonyl (C=S) groups is 1. The Morgan fingerprint density at radius 2 is 1.85 bits per heavy atom. The molecule has 0 atom stereocenters. The molecule has 1 heterocycles. The molecular weight excluding hydrogens is 358 g/mol. The normalized spacial score (nSPS) is 14.0. The number of rotatable bonds is 5. The van der Waals surface area contributed by atoms with Crippen LogP contribution in [0.2, 0.25) is 0 Å². The van der Waals surface area contributed by atoms with Gasteiger partial charge in [-0.25, -0.2) is 0 Å². The Kier molecular flexibility index (Phi) is 6.42. The summed E-state index contributed by atoms with van der Waals surface area (Å²) >= 11 is 5.28. The number of likely N-dealkylation sites (tertiary alicyclic amines) is 1. The molecule has 3 rings (SSSR count). The van der Waals surface area contributed by atoms with Gasteiger partial charge < -0.3 is 10.1 Å². The lowest BCUT2D eigenvalue weighted by Gasteiger charge is -2.15. The smallest absolute Gasteiger partial charge is 0.261 e. The molecule has 0 spiro atoms. The third-order valence-electron chi connectivity index (χ3n) is 4.70. The van der Waals surface area contributed by atoms with Crippen molar-refractivity contribution < 1.29 is 9.53 Å². The zero-order valence-corrected chi connectivity index (χ0v) is 16.6. The molecule has 0 bridgehead atoms. The van der Waals surface area contributed by atoms with E-state index in [1.807, 2.05) is 31.2 Å². The average molecular weight is 384 g/mol. The second-order valence-corrected chi connectivity index (χ2v) is 7.15. The summed E-state index contributed by atoms with van der Waals surface area (Å²) in [5.74, 6) is 0.266. The van der Waals surface area contributed by atoms with Crippen LogP contribution in [0, 0.1) is 6.92 Å². The zero-order chi connectivity index (χ0) is 19.2. The van der Waals surface area contributed by atoms with Gasteiger partial charge in [-0.2, -0.15) is 0 Å². The molecule has 2 N–H and O–H groups in total. The first-order chi connectivity index (χ1) is 13.1. The van der Waals surface area contributed by atoms with Crippen molar-refractivity contribution >= 4 is 28.9 Å². The van der Waals surface area contributed by atoms with Crippen molar-refractivity contribution in [3.05, 3.63) is 59.2 Å².